The van der Waals surface area contributed by atoms with Crippen LogP contribution < -0.4 is 10.1 Å². The third kappa shape index (κ3) is 5.38. The van der Waals surface area contributed by atoms with Crippen LogP contribution in [-0.4, -0.2) is 54.9 Å². The van der Waals surface area contributed by atoms with E-state index in [9.17, 15) is 18.0 Å². The van der Waals surface area contributed by atoms with Gasteiger partial charge in [-0.1, -0.05) is 18.2 Å². The molecular formula is C20H27F3N2O3. The van der Waals surface area contributed by atoms with Crippen molar-refractivity contribution in [3.05, 3.63) is 29.8 Å². The van der Waals surface area contributed by atoms with Crippen molar-refractivity contribution in [1.29, 1.82) is 0 Å². The molecule has 2 heterocycles. The number of nitrogens with one attached hydrogen (secondary N) is 1. The summed E-state index contributed by atoms with van der Waals surface area (Å²) >= 11 is 0. The Morgan fingerprint density at radius 3 is 2.82 bits per heavy atom. The van der Waals surface area contributed by atoms with E-state index < -0.39 is 24.5 Å². The summed E-state index contributed by atoms with van der Waals surface area (Å²) in [6.07, 6.45) is -3.20. The average molecular weight is 400 g/mol. The highest BCUT2D eigenvalue weighted by molar-refractivity contribution is 5.79. The van der Waals surface area contributed by atoms with E-state index >= 15 is 0 Å². The number of likely N-dealkylation sites (tertiary alicyclic amines) is 1. The van der Waals surface area contributed by atoms with Crippen LogP contribution >= 0.6 is 0 Å². The largest absolute Gasteiger partial charge is 0.491 e. The van der Waals surface area contributed by atoms with Gasteiger partial charge in [0.25, 0.3) is 0 Å². The second-order valence-electron chi connectivity index (χ2n) is 7.73. The molecule has 1 aromatic rings. The minimum atomic E-state index is -4.41. The van der Waals surface area contributed by atoms with Gasteiger partial charge in [0.2, 0.25) is 5.91 Å². The zero-order chi connectivity index (χ0) is 20.3. The van der Waals surface area contributed by atoms with E-state index in [1.165, 1.54) is 0 Å². The summed E-state index contributed by atoms with van der Waals surface area (Å²) in [7, 11) is 0. The SMILES string of the molecule is CC(C)Oc1ccccc1CN1C[C@@H](C(=O)NCC(F)(F)F)C[C@H]2OCC[C@H]21. The maximum Gasteiger partial charge on any atom is 0.405 e. The molecule has 0 aromatic heterocycles. The van der Waals surface area contributed by atoms with Crippen LogP contribution in [0.4, 0.5) is 13.2 Å². The molecule has 0 bridgehead atoms. The van der Waals surface area contributed by atoms with Gasteiger partial charge in [-0.05, 0) is 32.8 Å². The molecule has 8 heteroatoms. The summed E-state index contributed by atoms with van der Waals surface area (Å²) in [6, 6.07) is 7.90. The summed E-state index contributed by atoms with van der Waals surface area (Å²) in [6.45, 7) is 4.19. The maximum atomic E-state index is 12.4. The van der Waals surface area contributed by atoms with Crippen LogP contribution in [-0.2, 0) is 16.1 Å². The summed E-state index contributed by atoms with van der Waals surface area (Å²) < 4.78 is 49.0. The Kier molecular flexibility index (Phi) is 6.50. The predicted octanol–water partition coefficient (Wildman–Crippen LogP) is 3.13. The minimum Gasteiger partial charge on any atom is -0.491 e. The van der Waals surface area contributed by atoms with Crippen LogP contribution in [0, 0.1) is 5.92 Å². The first-order chi connectivity index (χ1) is 13.2. The Labute approximate surface area is 163 Å². The second kappa shape index (κ2) is 8.69. The smallest absolute Gasteiger partial charge is 0.405 e. The van der Waals surface area contributed by atoms with Gasteiger partial charge in [-0.2, -0.15) is 13.2 Å². The molecule has 1 N–H and O–H groups in total. The monoisotopic (exact) mass is 400 g/mol. The fraction of sp³-hybridized carbons (Fsp3) is 0.650. The first kappa shape index (κ1) is 20.9. The zero-order valence-corrected chi connectivity index (χ0v) is 16.2. The number of rotatable bonds is 6. The molecule has 3 atom stereocenters. The van der Waals surface area contributed by atoms with Crippen molar-refractivity contribution in [2.24, 2.45) is 5.92 Å². The number of fused-ring (bicyclic) bond motifs is 1. The molecule has 0 aliphatic carbocycles. The molecule has 156 valence electrons. The predicted molar refractivity (Wildman–Crippen MR) is 97.9 cm³/mol. The number of benzene rings is 1. The molecule has 0 saturated carbocycles. The molecule has 28 heavy (non-hydrogen) atoms. The van der Waals surface area contributed by atoms with Crippen LogP contribution in [0.5, 0.6) is 5.75 Å². The highest BCUT2D eigenvalue weighted by Gasteiger charge is 2.42. The number of carbonyl (C=O) groups excluding carboxylic acids is 1. The van der Waals surface area contributed by atoms with Crippen molar-refractivity contribution in [2.75, 3.05) is 19.7 Å². The molecule has 3 rings (SSSR count). The van der Waals surface area contributed by atoms with Crippen molar-refractivity contribution in [3.8, 4) is 5.75 Å². The molecule has 0 spiro atoms. The third-order valence-electron chi connectivity index (χ3n) is 5.16. The van der Waals surface area contributed by atoms with E-state index in [4.69, 9.17) is 9.47 Å². The summed E-state index contributed by atoms with van der Waals surface area (Å²) in [5, 5.41) is 2.02. The number of nitrogens with zero attached hydrogens (tertiary/aromatic N) is 1. The molecule has 2 saturated heterocycles. The van der Waals surface area contributed by atoms with Crippen LogP contribution in [0.2, 0.25) is 0 Å². The quantitative estimate of drug-likeness (QED) is 0.797. The van der Waals surface area contributed by atoms with Gasteiger partial charge < -0.3 is 14.8 Å². The first-order valence-electron chi connectivity index (χ1n) is 9.67. The first-order valence-corrected chi connectivity index (χ1v) is 9.67. The van der Waals surface area contributed by atoms with Crippen molar-refractivity contribution in [2.45, 2.75) is 57.7 Å². The number of halogens is 3. The van der Waals surface area contributed by atoms with Crippen LogP contribution in [0.25, 0.3) is 0 Å². The number of hydrogen-bond acceptors (Lipinski definition) is 4. The van der Waals surface area contributed by atoms with Crippen molar-refractivity contribution in [1.82, 2.24) is 10.2 Å². The second-order valence-corrected chi connectivity index (χ2v) is 7.73. The zero-order valence-electron chi connectivity index (χ0n) is 16.2. The number of hydrogen-bond donors (Lipinski definition) is 1. The van der Waals surface area contributed by atoms with Crippen LogP contribution in [0.15, 0.2) is 24.3 Å². The molecule has 2 aliphatic heterocycles. The van der Waals surface area contributed by atoms with Gasteiger partial charge in [0.15, 0.2) is 0 Å². The molecule has 2 fully saturated rings. The number of carbonyl (C=O) groups is 1. The van der Waals surface area contributed by atoms with Gasteiger partial charge in [0, 0.05) is 31.3 Å². The highest BCUT2D eigenvalue weighted by atomic mass is 19.4. The van der Waals surface area contributed by atoms with Gasteiger partial charge >= 0.3 is 6.18 Å². The molecule has 2 aliphatic rings. The topological polar surface area (TPSA) is 50.8 Å². The van der Waals surface area contributed by atoms with Crippen molar-refractivity contribution < 1.29 is 27.4 Å². The van der Waals surface area contributed by atoms with Gasteiger partial charge in [-0.25, -0.2) is 0 Å². The van der Waals surface area contributed by atoms with Crippen molar-refractivity contribution in [3.63, 3.8) is 0 Å². The van der Waals surface area contributed by atoms with E-state index in [0.29, 0.717) is 26.1 Å². The summed E-state index contributed by atoms with van der Waals surface area (Å²) in [4.78, 5) is 14.5. The number of amides is 1. The maximum absolute atomic E-state index is 12.4. The Hall–Kier alpha value is -1.80. The van der Waals surface area contributed by atoms with Crippen molar-refractivity contribution >= 4 is 5.91 Å². The van der Waals surface area contributed by atoms with Gasteiger partial charge in [-0.15, -0.1) is 0 Å². The number of alkyl halides is 3. The van der Waals surface area contributed by atoms with Gasteiger partial charge in [0.1, 0.15) is 12.3 Å². The lowest BCUT2D eigenvalue weighted by Gasteiger charge is -2.40. The van der Waals surface area contributed by atoms with E-state index in [1.807, 2.05) is 43.4 Å². The fourth-order valence-corrected chi connectivity index (χ4v) is 3.98. The lowest BCUT2D eigenvalue weighted by Crippen LogP contribution is -2.53. The molecule has 5 nitrogen and oxygen atoms in total. The fourth-order valence-electron chi connectivity index (χ4n) is 3.98. The lowest BCUT2D eigenvalue weighted by molar-refractivity contribution is -0.143. The Balaban J connectivity index is 1.72. The lowest BCUT2D eigenvalue weighted by atomic mass is 9.89. The normalized spacial score (nSPS) is 25.6. The molecule has 1 amide bonds. The Morgan fingerprint density at radius 1 is 1.36 bits per heavy atom. The van der Waals surface area contributed by atoms with E-state index in [0.717, 1.165) is 17.7 Å². The van der Waals surface area contributed by atoms with Gasteiger partial charge in [0.05, 0.1) is 18.1 Å². The number of ether oxygens (including phenoxy) is 2. The molecular weight excluding hydrogens is 373 g/mol. The van der Waals surface area contributed by atoms with E-state index in [2.05, 4.69) is 4.90 Å². The summed E-state index contributed by atoms with van der Waals surface area (Å²) in [5.74, 6) is -0.306. The van der Waals surface area contributed by atoms with E-state index in [-0.39, 0.29) is 18.2 Å². The van der Waals surface area contributed by atoms with E-state index in [1.54, 1.807) is 0 Å². The number of para-hydroxylation sites is 1. The highest BCUT2D eigenvalue weighted by Crippen LogP contribution is 2.34. The molecule has 0 radical (unpaired) electrons. The van der Waals surface area contributed by atoms with Crippen LogP contribution in [0.3, 0.4) is 0 Å². The summed E-state index contributed by atoms with van der Waals surface area (Å²) in [5.41, 5.74) is 0.998. The Bertz CT molecular complexity index is 681. The Morgan fingerprint density at radius 2 is 2.11 bits per heavy atom. The average Bonchev–Trinajstić information content (AvgIpc) is 3.09. The molecule has 0 unspecified atom stereocenters. The minimum absolute atomic E-state index is 0.0333. The third-order valence-corrected chi connectivity index (χ3v) is 5.16. The number of piperidine rings is 1. The molecule has 1 aromatic carbocycles. The standard InChI is InChI=1S/C20H27F3N2O3/c1-13(2)28-17-6-4-3-5-14(17)10-25-11-15(9-18-16(25)7-8-27-18)19(26)24-12-20(21,22)23/h3-6,13,15-16,18H,7-12H2,1-2H3,(H,24,26)/t15-,16+,18+/m0/s1. The van der Waals surface area contributed by atoms with Crippen LogP contribution in [0.1, 0.15) is 32.3 Å². The van der Waals surface area contributed by atoms with Gasteiger partial charge in [-0.3, -0.25) is 9.69 Å².